The summed E-state index contributed by atoms with van der Waals surface area (Å²) in [5.74, 6) is -4.60. The molecule has 1 atom stereocenters. The summed E-state index contributed by atoms with van der Waals surface area (Å²) in [7, 11) is 0. The molecule has 3 N–H and O–H groups in total. The van der Waals surface area contributed by atoms with E-state index < -0.39 is 29.8 Å². The van der Waals surface area contributed by atoms with Crippen molar-refractivity contribution in [2.24, 2.45) is 5.73 Å². The number of aryl methyl sites for hydroxylation is 1. The maximum absolute atomic E-state index is 13.8. The highest BCUT2D eigenvalue weighted by Crippen LogP contribution is 2.24. The van der Waals surface area contributed by atoms with Gasteiger partial charge in [-0.05, 0) is 13.0 Å². The monoisotopic (exact) mass is 466 g/mol. The fraction of sp³-hybridized carbons (Fsp3) is 0.389. The lowest BCUT2D eigenvalue weighted by Gasteiger charge is -2.35. The quantitative estimate of drug-likeness (QED) is 0.675. The average molecular weight is 466 g/mol. The minimum absolute atomic E-state index is 0.0133. The van der Waals surface area contributed by atoms with Crippen LogP contribution in [-0.4, -0.2) is 59.2 Å². The van der Waals surface area contributed by atoms with Gasteiger partial charge in [-0.2, -0.15) is 13.2 Å². The Morgan fingerprint density at radius 3 is 2.23 bits per heavy atom. The summed E-state index contributed by atoms with van der Waals surface area (Å²) in [6.07, 6.45) is -3.26. The summed E-state index contributed by atoms with van der Waals surface area (Å²) < 4.78 is 58.5. The standard InChI is InChI=1S/C16H18F2N4OS.C2HF3O2/c1-10-9-20-16(24-10)22-6-4-21(5-7-22)15(23)14(19)12-3-2-11(17)8-13(12)18;3-2(4,5)1(6)7/h2-3,8-9,14H,4-7,19H2,1H3;(H,6,7). The molecule has 7 nitrogen and oxygen atoms in total. The lowest BCUT2D eigenvalue weighted by atomic mass is 10.1. The zero-order valence-electron chi connectivity index (χ0n) is 16.2. The third-order valence-electron chi connectivity index (χ3n) is 4.28. The molecule has 1 unspecified atom stereocenters. The molecule has 1 aliphatic heterocycles. The number of anilines is 1. The number of nitrogens with zero attached hydrogens (tertiary/aromatic N) is 3. The lowest BCUT2D eigenvalue weighted by Crippen LogP contribution is -2.51. The maximum atomic E-state index is 13.8. The van der Waals surface area contributed by atoms with Crippen molar-refractivity contribution >= 4 is 28.3 Å². The molecule has 31 heavy (non-hydrogen) atoms. The molecule has 0 bridgehead atoms. The fourth-order valence-corrected chi connectivity index (χ4v) is 3.50. The summed E-state index contributed by atoms with van der Waals surface area (Å²) in [6, 6.07) is 1.95. The van der Waals surface area contributed by atoms with E-state index in [2.05, 4.69) is 9.88 Å². The van der Waals surface area contributed by atoms with Crippen molar-refractivity contribution in [2.75, 3.05) is 31.1 Å². The van der Waals surface area contributed by atoms with Gasteiger partial charge in [0.15, 0.2) is 5.13 Å². The first kappa shape index (κ1) is 24.5. The third kappa shape index (κ3) is 6.59. The van der Waals surface area contributed by atoms with Gasteiger partial charge in [-0.3, -0.25) is 4.79 Å². The van der Waals surface area contributed by atoms with Crippen molar-refractivity contribution in [3.8, 4) is 0 Å². The Morgan fingerprint density at radius 2 is 1.77 bits per heavy atom. The van der Waals surface area contributed by atoms with Crippen LogP contribution in [0.3, 0.4) is 0 Å². The van der Waals surface area contributed by atoms with E-state index in [-0.39, 0.29) is 11.5 Å². The Kier molecular flexibility index (Phi) is 7.90. The molecule has 0 aliphatic carbocycles. The van der Waals surface area contributed by atoms with E-state index in [4.69, 9.17) is 15.6 Å². The number of nitrogens with two attached hydrogens (primary N) is 1. The molecule has 0 radical (unpaired) electrons. The number of carbonyl (C=O) groups is 2. The molecule has 3 rings (SSSR count). The number of amides is 1. The number of aromatic nitrogens is 1. The van der Waals surface area contributed by atoms with Gasteiger partial charge in [0.2, 0.25) is 5.91 Å². The van der Waals surface area contributed by atoms with Crippen molar-refractivity contribution in [2.45, 2.75) is 19.1 Å². The van der Waals surface area contributed by atoms with E-state index in [1.807, 2.05) is 13.1 Å². The van der Waals surface area contributed by atoms with Crippen molar-refractivity contribution < 1.29 is 36.6 Å². The second kappa shape index (κ2) is 10.0. The van der Waals surface area contributed by atoms with Crippen LogP contribution in [0.4, 0.5) is 27.1 Å². The largest absolute Gasteiger partial charge is 0.490 e. The molecule has 1 saturated heterocycles. The summed E-state index contributed by atoms with van der Waals surface area (Å²) >= 11 is 1.61. The van der Waals surface area contributed by atoms with Crippen LogP contribution in [0.2, 0.25) is 0 Å². The number of halogens is 5. The van der Waals surface area contributed by atoms with Gasteiger partial charge < -0.3 is 20.6 Å². The normalized spacial score (nSPS) is 15.2. The number of benzene rings is 1. The van der Waals surface area contributed by atoms with Gasteiger partial charge in [0.25, 0.3) is 0 Å². The average Bonchev–Trinajstić information content (AvgIpc) is 3.13. The van der Waals surface area contributed by atoms with Gasteiger partial charge in [0.1, 0.15) is 17.7 Å². The molecular weight excluding hydrogens is 447 g/mol. The molecule has 2 aromatic rings. The molecule has 0 saturated carbocycles. The number of carboxylic acids is 1. The number of piperazine rings is 1. The van der Waals surface area contributed by atoms with Gasteiger partial charge in [0.05, 0.1) is 0 Å². The Balaban J connectivity index is 0.000000423. The van der Waals surface area contributed by atoms with E-state index in [1.165, 1.54) is 6.07 Å². The number of rotatable bonds is 3. The molecule has 1 aromatic heterocycles. The van der Waals surface area contributed by atoms with E-state index in [9.17, 15) is 26.7 Å². The SMILES string of the molecule is Cc1cnc(N2CCN(C(=O)C(N)c3ccc(F)cc3F)CC2)s1.O=C(O)C(F)(F)F. The molecule has 1 aromatic carbocycles. The number of hydrogen-bond acceptors (Lipinski definition) is 6. The van der Waals surface area contributed by atoms with E-state index in [0.717, 1.165) is 22.1 Å². The lowest BCUT2D eigenvalue weighted by molar-refractivity contribution is -0.192. The first-order valence-corrected chi connectivity index (χ1v) is 9.68. The highest BCUT2D eigenvalue weighted by Gasteiger charge is 2.38. The first-order chi connectivity index (χ1) is 14.4. The van der Waals surface area contributed by atoms with Gasteiger partial charge in [0, 0.05) is 48.9 Å². The van der Waals surface area contributed by atoms with Crippen LogP contribution in [-0.2, 0) is 9.59 Å². The number of carbonyl (C=O) groups excluding carboxylic acids is 1. The molecule has 2 heterocycles. The van der Waals surface area contributed by atoms with Gasteiger partial charge in [-0.1, -0.05) is 6.07 Å². The Labute approximate surface area is 177 Å². The number of hydrogen-bond donors (Lipinski definition) is 2. The zero-order chi connectivity index (χ0) is 23.3. The fourth-order valence-electron chi connectivity index (χ4n) is 2.69. The molecule has 1 fully saturated rings. The molecule has 0 spiro atoms. The Bertz CT molecular complexity index is 929. The number of carboxylic acid groups (broad SMARTS) is 1. The van der Waals surface area contributed by atoms with Crippen LogP contribution in [0, 0.1) is 18.6 Å². The second-order valence-corrected chi connectivity index (χ2v) is 7.73. The molecule has 1 amide bonds. The number of thiazole rings is 1. The third-order valence-corrected chi connectivity index (χ3v) is 5.25. The van der Waals surface area contributed by atoms with Crippen LogP contribution in [0.1, 0.15) is 16.5 Å². The first-order valence-electron chi connectivity index (χ1n) is 8.87. The summed E-state index contributed by atoms with van der Waals surface area (Å²) in [6.45, 7) is 4.29. The minimum atomic E-state index is -5.08. The predicted octanol–water partition coefficient (Wildman–Crippen LogP) is 2.71. The van der Waals surface area contributed by atoms with Crippen molar-refractivity contribution in [1.82, 2.24) is 9.88 Å². The Hall–Kier alpha value is -2.80. The second-order valence-electron chi connectivity index (χ2n) is 6.51. The van der Waals surface area contributed by atoms with Gasteiger partial charge in [-0.15, -0.1) is 11.3 Å². The number of aliphatic carboxylic acids is 1. The molecular formula is C18H19F5N4O3S. The van der Waals surface area contributed by atoms with Gasteiger partial charge in [-0.25, -0.2) is 18.6 Å². The van der Waals surface area contributed by atoms with E-state index >= 15 is 0 Å². The molecule has 1 aliphatic rings. The van der Waals surface area contributed by atoms with Crippen molar-refractivity contribution in [1.29, 1.82) is 0 Å². The number of alkyl halides is 3. The topological polar surface area (TPSA) is 99.8 Å². The van der Waals surface area contributed by atoms with Crippen LogP contribution >= 0.6 is 11.3 Å². The van der Waals surface area contributed by atoms with Crippen molar-refractivity contribution in [3.63, 3.8) is 0 Å². The summed E-state index contributed by atoms with van der Waals surface area (Å²) in [5, 5.41) is 8.06. The molecule has 170 valence electrons. The highest BCUT2D eigenvalue weighted by atomic mass is 32.1. The molecule has 13 heteroatoms. The van der Waals surface area contributed by atoms with Crippen LogP contribution in [0.5, 0.6) is 0 Å². The van der Waals surface area contributed by atoms with Crippen molar-refractivity contribution in [3.05, 3.63) is 46.5 Å². The predicted molar refractivity (Wildman–Crippen MR) is 103 cm³/mol. The van der Waals surface area contributed by atoms with E-state index in [0.29, 0.717) is 26.2 Å². The summed E-state index contributed by atoms with van der Waals surface area (Å²) in [5.41, 5.74) is 5.91. The maximum Gasteiger partial charge on any atom is 0.490 e. The smallest absolute Gasteiger partial charge is 0.475 e. The van der Waals surface area contributed by atoms with E-state index in [1.54, 1.807) is 16.2 Å². The van der Waals surface area contributed by atoms with Crippen LogP contribution in [0.15, 0.2) is 24.4 Å². The van der Waals surface area contributed by atoms with Crippen LogP contribution in [0.25, 0.3) is 0 Å². The van der Waals surface area contributed by atoms with Crippen LogP contribution < -0.4 is 10.6 Å². The minimum Gasteiger partial charge on any atom is -0.475 e. The highest BCUT2D eigenvalue weighted by molar-refractivity contribution is 7.15. The van der Waals surface area contributed by atoms with Gasteiger partial charge >= 0.3 is 12.1 Å². The summed E-state index contributed by atoms with van der Waals surface area (Å²) in [4.78, 5) is 30.6. The Morgan fingerprint density at radius 1 is 1.19 bits per heavy atom. The zero-order valence-corrected chi connectivity index (χ0v) is 17.0.